The van der Waals surface area contributed by atoms with Crippen molar-refractivity contribution in [3.63, 3.8) is 0 Å². The molecule has 0 amide bonds. The van der Waals surface area contributed by atoms with Gasteiger partial charge in [-0.3, -0.25) is 0 Å². The van der Waals surface area contributed by atoms with Gasteiger partial charge in [-0.05, 0) is 25.1 Å². The van der Waals surface area contributed by atoms with E-state index in [0.29, 0.717) is 5.69 Å². The van der Waals surface area contributed by atoms with Crippen LogP contribution in [0.4, 0.5) is 0 Å². The maximum Gasteiger partial charge on any atom is 0.354 e. The lowest BCUT2D eigenvalue weighted by molar-refractivity contribution is 0.0690. The summed E-state index contributed by atoms with van der Waals surface area (Å²) in [5.74, 6) is -0.268. The Labute approximate surface area is 108 Å². The molecular formula is C14H12N2O3. The molecule has 96 valence electrons. The molecule has 0 fully saturated rings. The van der Waals surface area contributed by atoms with Gasteiger partial charge < -0.3 is 14.8 Å². The summed E-state index contributed by atoms with van der Waals surface area (Å²) in [6.45, 7) is 1.79. The van der Waals surface area contributed by atoms with Crippen LogP contribution in [-0.2, 0) is 0 Å². The van der Waals surface area contributed by atoms with Crippen molar-refractivity contribution in [3.05, 3.63) is 35.7 Å². The molecule has 0 radical (unpaired) electrons. The van der Waals surface area contributed by atoms with E-state index in [-0.39, 0.29) is 5.69 Å². The first kappa shape index (κ1) is 11.5. The number of carboxylic acid groups (broad SMARTS) is 1. The molecule has 5 heteroatoms. The molecule has 0 atom stereocenters. The SMILES string of the molecule is COc1ccc2c(c1)[nH]c1c(C)nc(C(=O)O)cc12. The maximum atomic E-state index is 11.1. The first-order valence-corrected chi connectivity index (χ1v) is 5.80. The second kappa shape index (κ2) is 3.98. The first-order valence-electron chi connectivity index (χ1n) is 5.80. The summed E-state index contributed by atoms with van der Waals surface area (Å²) < 4.78 is 5.18. The normalized spacial score (nSPS) is 11.1. The highest BCUT2D eigenvalue weighted by atomic mass is 16.5. The summed E-state index contributed by atoms with van der Waals surface area (Å²) in [5.41, 5.74) is 2.49. The molecule has 2 N–H and O–H groups in total. The summed E-state index contributed by atoms with van der Waals surface area (Å²) in [6.07, 6.45) is 0. The average molecular weight is 256 g/mol. The van der Waals surface area contributed by atoms with Crippen molar-refractivity contribution >= 4 is 27.8 Å². The fraction of sp³-hybridized carbons (Fsp3) is 0.143. The van der Waals surface area contributed by atoms with E-state index in [9.17, 15) is 4.79 Å². The number of nitrogens with zero attached hydrogens (tertiary/aromatic N) is 1. The van der Waals surface area contributed by atoms with Crippen LogP contribution in [0.15, 0.2) is 24.3 Å². The molecule has 19 heavy (non-hydrogen) atoms. The molecule has 0 saturated heterocycles. The number of hydrogen-bond acceptors (Lipinski definition) is 3. The summed E-state index contributed by atoms with van der Waals surface area (Å²) >= 11 is 0. The van der Waals surface area contributed by atoms with Gasteiger partial charge in [0.05, 0.1) is 23.8 Å². The van der Waals surface area contributed by atoms with Gasteiger partial charge in [0.1, 0.15) is 11.4 Å². The number of carboxylic acids is 1. The largest absolute Gasteiger partial charge is 0.497 e. The minimum Gasteiger partial charge on any atom is -0.497 e. The van der Waals surface area contributed by atoms with Crippen LogP contribution in [0.25, 0.3) is 21.8 Å². The highest BCUT2D eigenvalue weighted by Gasteiger charge is 2.13. The van der Waals surface area contributed by atoms with Crippen molar-refractivity contribution in [3.8, 4) is 5.75 Å². The van der Waals surface area contributed by atoms with Gasteiger partial charge in [-0.15, -0.1) is 0 Å². The van der Waals surface area contributed by atoms with Crippen LogP contribution in [0, 0.1) is 6.92 Å². The molecule has 5 nitrogen and oxygen atoms in total. The highest BCUT2D eigenvalue weighted by Crippen LogP contribution is 2.29. The van der Waals surface area contributed by atoms with Gasteiger partial charge in [-0.1, -0.05) is 0 Å². The number of hydrogen-bond donors (Lipinski definition) is 2. The van der Waals surface area contributed by atoms with Crippen LogP contribution in [0.3, 0.4) is 0 Å². The topological polar surface area (TPSA) is 75.2 Å². The number of methoxy groups -OCH3 is 1. The van der Waals surface area contributed by atoms with E-state index in [4.69, 9.17) is 9.84 Å². The molecule has 0 saturated carbocycles. The number of aryl methyl sites for hydroxylation is 1. The number of nitrogens with one attached hydrogen (secondary N) is 1. The zero-order valence-electron chi connectivity index (χ0n) is 10.5. The molecule has 0 bridgehead atoms. The third-order valence-electron chi connectivity index (χ3n) is 3.20. The van der Waals surface area contributed by atoms with Crippen molar-refractivity contribution in [1.82, 2.24) is 9.97 Å². The zero-order valence-corrected chi connectivity index (χ0v) is 10.5. The smallest absolute Gasteiger partial charge is 0.354 e. The number of fused-ring (bicyclic) bond motifs is 3. The van der Waals surface area contributed by atoms with E-state index in [1.54, 1.807) is 20.1 Å². The lowest BCUT2D eigenvalue weighted by Gasteiger charge is -1.99. The predicted molar refractivity (Wildman–Crippen MR) is 71.8 cm³/mol. The number of H-pyrrole nitrogens is 1. The van der Waals surface area contributed by atoms with Gasteiger partial charge in [-0.2, -0.15) is 0 Å². The number of benzene rings is 1. The molecule has 0 spiro atoms. The monoisotopic (exact) mass is 256 g/mol. The molecule has 0 aliphatic heterocycles. The van der Waals surface area contributed by atoms with E-state index in [1.807, 2.05) is 18.2 Å². The minimum absolute atomic E-state index is 0.0571. The predicted octanol–water partition coefficient (Wildman–Crippen LogP) is 2.73. The average Bonchev–Trinajstić information content (AvgIpc) is 2.76. The third-order valence-corrected chi connectivity index (χ3v) is 3.20. The Morgan fingerprint density at radius 3 is 2.79 bits per heavy atom. The molecule has 2 aromatic heterocycles. The highest BCUT2D eigenvalue weighted by molar-refractivity contribution is 6.09. The van der Waals surface area contributed by atoms with E-state index < -0.39 is 5.97 Å². The summed E-state index contributed by atoms with van der Waals surface area (Å²) in [6, 6.07) is 7.25. The Hall–Kier alpha value is -2.56. The van der Waals surface area contributed by atoms with Crippen molar-refractivity contribution in [1.29, 1.82) is 0 Å². The molecule has 1 aromatic carbocycles. The maximum absolute atomic E-state index is 11.1. The summed E-state index contributed by atoms with van der Waals surface area (Å²) in [5, 5.41) is 10.9. The number of pyridine rings is 1. The quantitative estimate of drug-likeness (QED) is 0.739. The Bertz CT molecular complexity index is 805. The summed E-state index contributed by atoms with van der Waals surface area (Å²) in [7, 11) is 1.61. The molecule has 3 aromatic rings. The third kappa shape index (κ3) is 1.71. The number of ether oxygens (including phenoxy) is 1. The molecule has 3 rings (SSSR count). The standard InChI is InChI=1S/C14H12N2O3/c1-7-13-10(6-12(15-7)14(17)18)9-4-3-8(19-2)5-11(9)16-13/h3-6,16H,1-2H3,(H,17,18). The van der Waals surface area contributed by atoms with Gasteiger partial charge in [0, 0.05) is 16.8 Å². The number of carbonyl (C=O) groups is 1. The van der Waals surface area contributed by atoms with Gasteiger partial charge in [0.2, 0.25) is 0 Å². The number of aromatic nitrogens is 2. The molecule has 2 heterocycles. The van der Waals surface area contributed by atoms with Crippen LogP contribution in [0.1, 0.15) is 16.2 Å². The van der Waals surface area contributed by atoms with E-state index >= 15 is 0 Å². The van der Waals surface area contributed by atoms with Crippen LogP contribution in [-0.4, -0.2) is 28.2 Å². The Balaban J connectivity index is 2.40. The van der Waals surface area contributed by atoms with E-state index in [1.165, 1.54) is 0 Å². The first-order chi connectivity index (χ1) is 9.10. The fourth-order valence-electron chi connectivity index (χ4n) is 2.28. The number of rotatable bonds is 2. The van der Waals surface area contributed by atoms with Crippen LogP contribution in [0.2, 0.25) is 0 Å². The van der Waals surface area contributed by atoms with E-state index in [0.717, 1.165) is 27.6 Å². The second-order valence-electron chi connectivity index (χ2n) is 4.36. The molecule has 0 unspecified atom stereocenters. The zero-order chi connectivity index (χ0) is 13.6. The lowest BCUT2D eigenvalue weighted by atomic mass is 10.1. The Morgan fingerprint density at radius 1 is 1.32 bits per heavy atom. The van der Waals surface area contributed by atoms with Crippen molar-refractivity contribution in [2.75, 3.05) is 7.11 Å². The van der Waals surface area contributed by atoms with Gasteiger partial charge in [0.25, 0.3) is 0 Å². The number of aromatic amines is 1. The van der Waals surface area contributed by atoms with Crippen LogP contribution >= 0.6 is 0 Å². The van der Waals surface area contributed by atoms with Crippen molar-refractivity contribution in [2.45, 2.75) is 6.92 Å². The molecule has 0 aliphatic carbocycles. The van der Waals surface area contributed by atoms with E-state index in [2.05, 4.69) is 9.97 Å². The van der Waals surface area contributed by atoms with Crippen LogP contribution in [0.5, 0.6) is 5.75 Å². The second-order valence-corrected chi connectivity index (χ2v) is 4.36. The molecule has 0 aliphatic rings. The van der Waals surface area contributed by atoms with Gasteiger partial charge >= 0.3 is 5.97 Å². The van der Waals surface area contributed by atoms with Gasteiger partial charge in [-0.25, -0.2) is 9.78 Å². The van der Waals surface area contributed by atoms with Gasteiger partial charge in [0.15, 0.2) is 0 Å². The molecular weight excluding hydrogens is 244 g/mol. The minimum atomic E-state index is -1.02. The lowest BCUT2D eigenvalue weighted by Crippen LogP contribution is -2.01. The fourth-order valence-corrected chi connectivity index (χ4v) is 2.28. The Morgan fingerprint density at radius 2 is 2.11 bits per heavy atom. The van der Waals surface area contributed by atoms with Crippen LogP contribution < -0.4 is 4.74 Å². The summed E-state index contributed by atoms with van der Waals surface area (Å²) in [4.78, 5) is 18.4. The van der Waals surface area contributed by atoms with Crippen molar-refractivity contribution < 1.29 is 14.6 Å². The van der Waals surface area contributed by atoms with Crippen molar-refractivity contribution in [2.24, 2.45) is 0 Å². The Kier molecular flexibility index (Phi) is 2.41. The number of aromatic carboxylic acids is 1.